The van der Waals surface area contributed by atoms with E-state index in [2.05, 4.69) is 23.7 Å². The Labute approximate surface area is 163 Å². The molecule has 140 valence electrons. The number of hydrogen-bond donors (Lipinski definition) is 0. The number of hydrogen-bond acceptors (Lipinski definition) is 6. The fourth-order valence-corrected chi connectivity index (χ4v) is 5.60. The van der Waals surface area contributed by atoms with Crippen LogP contribution >= 0.6 is 11.3 Å². The number of anilines is 1. The molecule has 0 saturated carbocycles. The standard InChI is InChI=1S/C21H24N4OS/c1-13-11-25(12-14(2)26-13)20-18-16-7-3-4-8-17(16)27-21(18)24-19(23-20)15-6-5-9-22-10-15/h5-6,9-10,13-14H,3-4,7-8,11-12H2,1-2H3/t13-,14-/m0/s1. The zero-order valence-corrected chi connectivity index (χ0v) is 16.6. The molecule has 1 aliphatic carbocycles. The highest BCUT2D eigenvalue weighted by Crippen LogP contribution is 2.41. The average molecular weight is 381 g/mol. The van der Waals surface area contributed by atoms with Gasteiger partial charge in [-0.05, 0) is 57.2 Å². The van der Waals surface area contributed by atoms with Crippen molar-refractivity contribution < 1.29 is 4.74 Å². The number of aryl methyl sites for hydroxylation is 2. The topological polar surface area (TPSA) is 51.1 Å². The molecule has 1 saturated heterocycles. The molecule has 0 spiro atoms. The molecule has 0 unspecified atom stereocenters. The molecule has 0 N–H and O–H groups in total. The zero-order valence-electron chi connectivity index (χ0n) is 15.8. The van der Waals surface area contributed by atoms with Gasteiger partial charge in [0.2, 0.25) is 0 Å². The quantitative estimate of drug-likeness (QED) is 0.665. The molecular weight excluding hydrogens is 356 g/mol. The maximum atomic E-state index is 5.97. The molecule has 0 radical (unpaired) electrons. The SMILES string of the molecule is C[C@H]1CN(c2nc(-c3cccnc3)nc3sc4c(c23)CCCC4)C[C@H](C)O1. The molecule has 2 aliphatic rings. The van der Waals surface area contributed by atoms with Crippen molar-refractivity contribution in [2.75, 3.05) is 18.0 Å². The van der Waals surface area contributed by atoms with Crippen LogP contribution in [0.1, 0.15) is 37.1 Å². The van der Waals surface area contributed by atoms with E-state index < -0.39 is 0 Å². The zero-order chi connectivity index (χ0) is 18.4. The van der Waals surface area contributed by atoms with Crippen molar-refractivity contribution in [1.29, 1.82) is 0 Å². The minimum atomic E-state index is 0.204. The molecule has 5 rings (SSSR count). The van der Waals surface area contributed by atoms with Crippen LogP contribution in [0.2, 0.25) is 0 Å². The van der Waals surface area contributed by atoms with Gasteiger partial charge in [-0.15, -0.1) is 11.3 Å². The molecule has 27 heavy (non-hydrogen) atoms. The molecule has 1 fully saturated rings. The van der Waals surface area contributed by atoms with Crippen molar-refractivity contribution in [3.63, 3.8) is 0 Å². The second-order valence-corrected chi connectivity index (χ2v) is 8.75. The van der Waals surface area contributed by atoms with E-state index in [1.165, 1.54) is 35.1 Å². The third-order valence-electron chi connectivity index (χ3n) is 5.43. The number of thiophene rings is 1. The Kier molecular flexibility index (Phi) is 4.32. The first-order valence-corrected chi connectivity index (χ1v) is 10.6. The van der Waals surface area contributed by atoms with Gasteiger partial charge in [0.25, 0.3) is 0 Å². The molecule has 1 aliphatic heterocycles. The Balaban J connectivity index is 1.71. The van der Waals surface area contributed by atoms with Gasteiger partial charge in [-0.25, -0.2) is 9.97 Å². The van der Waals surface area contributed by atoms with Crippen molar-refractivity contribution in [3.8, 4) is 11.4 Å². The molecular formula is C21H24N4OS. The summed E-state index contributed by atoms with van der Waals surface area (Å²) in [5.74, 6) is 1.86. The van der Waals surface area contributed by atoms with Crippen LogP contribution in [0.4, 0.5) is 5.82 Å². The molecule has 5 nitrogen and oxygen atoms in total. The number of fused-ring (bicyclic) bond motifs is 3. The second kappa shape index (κ2) is 6.84. The van der Waals surface area contributed by atoms with Crippen molar-refractivity contribution >= 4 is 27.4 Å². The predicted octanol–water partition coefficient (Wildman–Crippen LogP) is 4.25. The van der Waals surface area contributed by atoms with E-state index in [0.717, 1.165) is 41.5 Å². The fourth-order valence-electron chi connectivity index (χ4n) is 4.34. The van der Waals surface area contributed by atoms with Gasteiger partial charge in [0.05, 0.1) is 17.6 Å². The molecule has 3 aromatic rings. The van der Waals surface area contributed by atoms with E-state index in [9.17, 15) is 0 Å². The Bertz CT molecular complexity index is 961. The number of ether oxygens (including phenoxy) is 1. The smallest absolute Gasteiger partial charge is 0.164 e. The fraction of sp³-hybridized carbons (Fsp3) is 0.476. The monoisotopic (exact) mass is 380 g/mol. The highest BCUT2D eigenvalue weighted by Gasteiger charge is 2.28. The van der Waals surface area contributed by atoms with Crippen LogP contribution in [0.5, 0.6) is 0 Å². The molecule has 0 amide bonds. The van der Waals surface area contributed by atoms with Gasteiger partial charge in [-0.1, -0.05) is 0 Å². The summed E-state index contributed by atoms with van der Waals surface area (Å²) < 4.78 is 5.97. The minimum absolute atomic E-state index is 0.204. The lowest BCUT2D eigenvalue weighted by atomic mass is 9.96. The summed E-state index contributed by atoms with van der Waals surface area (Å²) in [5.41, 5.74) is 2.46. The second-order valence-electron chi connectivity index (χ2n) is 7.67. The summed E-state index contributed by atoms with van der Waals surface area (Å²) >= 11 is 1.86. The van der Waals surface area contributed by atoms with Crippen LogP contribution < -0.4 is 4.90 Å². The molecule has 0 aromatic carbocycles. The summed E-state index contributed by atoms with van der Waals surface area (Å²) in [5, 5.41) is 1.28. The Morgan fingerprint density at radius 3 is 2.70 bits per heavy atom. The van der Waals surface area contributed by atoms with Crippen LogP contribution in [0.25, 0.3) is 21.6 Å². The van der Waals surface area contributed by atoms with Gasteiger partial charge in [-0.3, -0.25) is 4.98 Å². The van der Waals surface area contributed by atoms with Crippen molar-refractivity contribution in [2.45, 2.75) is 51.7 Å². The van der Waals surface area contributed by atoms with E-state index in [1.54, 1.807) is 6.20 Å². The van der Waals surface area contributed by atoms with Crippen LogP contribution in [0.15, 0.2) is 24.5 Å². The summed E-state index contributed by atoms with van der Waals surface area (Å²) in [7, 11) is 0. The Morgan fingerprint density at radius 2 is 1.93 bits per heavy atom. The maximum absolute atomic E-state index is 5.97. The van der Waals surface area contributed by atoms with Gasteiger partial charge in [0, 0.05) is 35.9 Å². The summed E-state index contributed by atoms with van der Waals surface area (Å²) in [6.07, 6.45) is 8.91. The van der Waals surface area contributed by atoms with Gasteiger partial charge in [-0.2, -0.15) is 0 Å². The molecule has 4 heterocycles. The average Bonchev–Trinajstić information content (AvgIpc) is 3.05. The minimum Gasteiger partial charge on any atom is -0.372 e. The number of aromatic nitrogens is 3. The van der Waals surface area contributed by atoms with Gasteiger partial charge < -0.3 is 9.64 Å². The largest absolute Gasteiger partial charge is 0.372 e. The summed E-state index contributed by atoms with van der Waals surface area (Å²) in [6.45, 7) is 6.03. The first-order valence-electron chi connectivity index (χ1n) is 9.82. The first kappa shape index (κ1) is 17.1. The first-order chi connectivity index (χ1) is 13.2. The Morgan fingerprint density at radius 1 is 1.11 bits per heavy atom. The van der Waals surface area contributed by atoms with Crippen molar-refractivity contribution in [1.82, 2.24) is 15.0 Å². The number of nitrogens with zero attached hydrogens (tertiary/aromatic N) is 4. The van der Waals surface area contributed by atoms with E-state index in [0.29, 0.717) is 0 Å². The lowest BCUT2D eigenvalue weighted by Crippen LogP contribution is -2.46. The third kappa shape index (κ3) is 3.11. The predicted molar refractivity (Wildman–Crippen MR) is 110 cm³/mol. The highest BCUT2D eigenvalue weighted by atomic mass is 32.1. The molecule has 2 atom stereocenters. The van der Waals surface area contributed by atoms with E-state index in [-0.39, 0.29) is 12.2 Å². The number of pyridine rings is 1. The molecule has 3 aromatic heterocycles. The van der Waals surface area contributed by atoms with E-state index in [4.69, 9.17) is 14.7 Å². The molecule has 0 bridgehead atoms. The number of morpholine rings is 1. The van der Waals surface area contributed by atoms with Crippen LogP contribution in [-0.2, 0) is 17.6 Å². The summed E-state index contributed by atoms with van der Waals surface area (Å²) in [4.78, 5) is 19.3. The Hall–Kier alpha value is -2.05. The van der Waals surface area contributed by atoms with Crippen LogP contribution in [0, 0.1) is 0 Å². The van der Waals surface area contributed by atoms with Crippen LogP contribution in [-0.4, -0.2) is 40.2 Å². The normalized spacial score (nSPS) is 22.8. The van der Waals surface area contributed by atoms with Gasteiger partial charge in [0.1, 0.15) is 10.6 Å². The van der Waals surface area contributed by atoms with Gasteiger partial charge in [0.15, 0.2) is 5.82 Å². The van der Waals surface area contributed by atoms with E-state index in [1.807, 2.05) is 29.7 Å². The van der Waals surface area contributed by atoms with Gasteiger partial charge >= 0.3 is 0 Å². The third-order valence-corrected chi connectivity index (χ3v) is 6.62. The van der Waals surface area contributed by atoms with Crippen LogP contribution in [0.3, 0.4) is 0 Å². The van der Waals surface area contributed by atoms with E-state index >= 15 is 0 Å². The summed E-state index contributed by atoms with van der Waals surface area (Å²) in [6, 6.07) is 3.98. The van der Waals surface area contributed by atoms with Crippen molar-refractivity contribution in [2.24, 2.45) is 0 Å². The maximum Gasteiger partial charge on any atom is 0.164 e. The van der Waals surface area contributed by atoms with Crippen molar-refractivity contribution in [3.05, 3.63) is 35.0 Å². The molecule has 6 heteroatoms. The number of rotatable bonds is 2. The lowest BCUT2D eigenvalue weighted by Gasteiger charge is -2.36. The highest BCUT2D eigenvalue weighted by molar-refractivity contribution is 7.19. The lowest BCUT2D eigenvalue weighted by molar-refractivity contribution is -0.00536.